The molecule has 0 fully saturated rings. The Labute approximate surface area is 61.6 Å². The first-order valence-corrected chi connectivity index (χ1v) is 3.41. The molecule has 1 aliphatic heterocycles. The fourth-order valence-corrected chi connectivity index (χ4v) is 0.752. The lowest BCUT2D eigenvalue weighted by Crippen LogP contribution is -2.19. The van der Waals surface area contributed by atoms with Crippen LogP contribution in [-0.2, 0) is 4.74 Å². The van der Waals surface area contributed by atoms with Gasteiger partial charge in [0.15, 0.2) is 5.90 Å². The minimum atomic E-state index is 0.0272. The summed E-state index contributed by atoms with van der Waals surface area (Å²) in [7, 11) is 0. The fraction of sp³-hybridized carbons (Fsp3) is 0.625. The molecule has 1 heterocycles. The van der Waals surface area contributed by atoms with E-state index in [1.54, 1.807) is 0 Å². The van der Waals surface area contributed by atoms with E-state index in [4.69, 9.17) is 4.74 Å². The zero-order valence-electron chi connectivity index (χ0n) is 6.77. The van der Waals surface area contributed by atoms with Crippen LogP contribution in [0.2, 0.25) is 0 Å². The van der Waals surface area contributed by atoms with Gasteiger partial charge in [-0.3, -0.25) is 0 Å². The Bertz CT molecular complexity index is 186. The minimum Gasteiger partial charge on any atom is -0.446 e. The molecule has 2 nitrogen and oxygen atoms in total. The molecule has 0 aromatic carbocycles. The van der Waals surface area contributed by atoms with E-state index in [1.165, 1.54) is 0 Å². The molecular formula is C8H13NO. The summed E-state index contributed by atoms with van der Waals surface area (Å²) in [4.78, 5) is 4.18. The molecule has 1 aliphatic rings. The topological polar surface area (TPSA) is 21.6 Å². The second kappa shape index (κ2) is 2.11. The van der Waals surface area contributed by atoms with E-state index in [0.29, 0.717) is 6.54 Å². The summed E-state index contributed by atoms with van der Waals surface area (Å²) in [6.07, 6.45) is 0. The summed E-state index contributed by atoms with van der Waals surface area (Å²) in [5, 5.41) is 0. The minimum absolute atomic E-state index is 0.0272. The van der Waals surface area contributed by atoms with Gasteiger partial charge >= 0.3 is 0 Å². The van der Waals surface area contributed by atoms with Gasteiger partial charge in [-0.15, -0.1) is 0 Å². The molecule has 0 radical (unpaired) electrons. The molecule has 0 saturated heterocycles. The van der Waals surface area contributed by atoms with Gasteiger partial charge in [0, 0.05) is 5.41 Å². The molecule has 0 spiro atoms. The first-order chi connectivity index (χ1) is 4.50. The van der Waals surface area contributed by atoms with Gasteiger partial charge in [0.25, 0.3) is 0 Å². The molecular weight excluding hydrogens is 126 g/mol. The van der Waals surface area contributed by atoms with Crippen molar-refractivity contribution in [2.75, 3.05) is 6.54 Å². The molecule has 1 rings (SSSR count). The molecule has 0 unspecified atom stereocenters. The Hall–Kier alpha value is -0.790. The standard InChI is InChI=1S/C8H13NO/c1-6-5-9-7(10-6)8(2,3)4/h1,5H2,2-4H3. The predicted molar refractivity (Wildman–Crippen MR) is 42.0 cm³/mol. The van der Waals surface area contributed by atoms with E-state index in [0.717, 1.165) is 11.7 Å². The number of hydrogen-bond donors (Lipinski definition) is 0. The number of rotatable bonds is 0. The van der Waals surface area contributed by atoms with Crippen LogP contribution in [0.15, 0.2) is 17.3 Å². The summed E-state index contributed by atoms with van der Waals surface area (Å²) >= 11 is 0. The average Bonchev–Trinajstić information content (AvgIpc) is 2.11. The van der Waals surface area contributed by atoms with Crippen LogP contribution in [0.1, 0.15) is 20.8 Å². The van der Waals surface area contributed by atoms with Crippen molar-refractivity contribution in [1.29, 1.82) is 0 Å². The zero-order valence-corrected chi connectivity index (χ0v) is 6.77. The van der Waals surface area contributed by atoms with Crippen LogP contribution >= 0.6 is 0 Å². The van der Waals surface area contributed by atoms with Crippen molar-refractivity contribution in [1.82, 2.24) is 0 Å². The van der Waals surface area contributed by atoms with Gasteiger partial charge in [-0.2, -0.15) is 0 Å². The largest absolute Gasteiger partial charge is 0.446 e. The smallest absolute Gasteiger partial charge is 0.195 e. The predicted octanol–water partition coefficient (Wildman–Crippen LogP) is 1.97. The van der Waals surface area contributed by atoms with Crippen LogP contribution in [0, 0.1) is 5.41 Å². The maximum atomic E-state index is 5.28. The molecule has 10 heavy (non-hydrogen) atoms. The van der Waals surface area contributed by atoms with Crippen molar-refractivity contribution in [2.45, 2.75) is 20.8 Å². The van der Waals surface area contributed by atoms with Crippen molar-refractivity contribution in [3.63, 3.8) is 0 Å². The quantitative estimate of drug-likeness (QED) is 0.503. The Morgan fingerprint density at radius 3 is 2.30 bits per heavy atom. The van der Waals surface area contributed by atoms with E-state index in [9.17, 15) is 0 Å². The SMILES string of the molecule is C=C1CN=C(C(C)(C)C)O1. The first-order valence-electron chi connectivity index (χ1n) is 3.41. The van der Waals surface area contributed by atoms with Crippen molar-refractivity contribution >= 4 is 5.90 Å². The van der Waals surface area contributed by atoms with Crippen molar-refractivity contribution in [3.05, 3.63) is 12.3 Å². The van der Waals surface area contributed by atoms with E-state index < -0.39 is 0 Å². The molecule has 0 atom stereocenters. The van der Waals surface area contributed by atoms with Crippen molar-refractivity contribution in [3.8, 4) is 0 Å². The first kappa shape index (κ1) is 7.32. The third-order valence-electron chi connectivity index (χ3n) is 1.28. The van der Waals surface area contributed by atoms with E-state index in [1.807, 2.05) is 0 Å². The monoisotopic (exact) mass is 139 g/mol. The highest BCUT2D eigenvalue weighted by Crippen LogP contribution is 2.22. The third-order valence-corrected chi connectivity index (χ3v) is 1.28. The van der Waals surface area contributed by atoms with Gasteiger partial charge in [-0.1, -0.05) is 27.4 Å². The van der Waals surface area contributed by atoms with Crippen LogP contribution in [0.25, 0.3) is 0 Å². The van der Waals surface area contributed by atoms with E-state index in [2.05, 4.69) is 32.3 Å². The lowest BCUT2D eigenvalue weighted by Gasteiger charge is -2.16. The molecule has 0 aliphatic carbocycles. The highest BCUT2D eigenvalue weighted by Gasteiger charge is 2.24. The lowest BCUT2D eigenvalue weighted by molar-refractivity contribution is 0.371. The molecule has 0 bridgehead atoms. The number of hydrogen-bond acceptors (Lipinski definition) is 2. The summed E-state index contributed by atoms with van der Waals surface area (Å²) < 4.78 is 5.28. The van der Waals surface area contributed by atoms with Crippen molar-refractivity contribution < 1.29 is 4.74 Å². The second-order valence-corrected chi connectivity index (χ2v) is 3.51. The number of ether oxygens (including phenoxy) is 1. The van der Waals surface area contributed by atoms with Gasteiger partial charge in [-0.25, -0.2) is 4.99 Å². The lowest BCUT2D eigenvalue weighted by atomic mass is 9.97. The van der Waals surface area contributed by atoms with Gasteiger partial charge in [0.2, 0.25) is 0 Å². The maximum Gasteiger partial charge on any atom is 0.195 e. The molecule has 0 aromatic rings. The van der Waals surface area contributed by atoms with Crippen LogP contribution in [0.4, 0.5) is 0 Å². The van der Waals surface area contributed by atoms with Gasteiger partial charge in [0.05, 0.1) is 0 Å². The highest BCUT2D eigenvalue weighted by atomic mass is 16.5. The summed E-state index contributed by atoms with van der Waals surface area (Å²) in [5.74, 6) is 1.56. The number of nitrogens with zero attached hydrogens (tertiary/aromatic N) is 1. The molecule has 0 saturated carbocycles. The highest BCUT2D eigenvalue weighted by molar-refractivity contribution is 5.84. The maximum absolute atomic E-state index is 5.28. The molecule has 0 aromatic heterocycles. The molecule has 56 valence electrons. The van der Waals surface area contributed by atoms with Crippen LogP contribution in [-0.4, -0.2) is 12.4 Å². The van der Waals surface area contributed by atoms with E-state index >= 15 is 0 Å². The summed E-state index contributed by atoms with van der Waals surface area (Å²) in [6.45, 7) is 10.5. The summed E-state index contributed by atoms with van der Waals surface area (Å²) in [5.41, 5.74) is 0.0272. The molecule has 0 N–H and O–H groups in total. The van der Waals surface area contributed by atoms with Crippen molar-refractivity contribution in [2.24, 2.45) is 10.4 Å². The molecule has 2 heteroatoms. The zero-order chi connectivity index (χ0) is 7.78. The Balaban J connectivity index is 2.69. The van der Waals surface area contributed by atoms with Gasteiger partial charge in [0.1, 0.15) is 12.3 Å². The second-order valence-electron chi connectivity index (χ2n) is 3.51. The Kier molecular flexibility index (Phi) is 1.55. The number of aliphatic imine (C=N–C) groups is 1. The van der Waals surface area contributed by atoms with Crippen LogP contribution in [0.5, 0.6) is 0 Å². The van der Waals surface area contributed by atoms with Crippen LogP contribution in [0.3, 0.4) is 0 Å². The Morgan fingerprint density at radius 2 is 2.10 bits per heavy atom. The third kappa shape index (κ3) is 1.38. The fourth-order valence-electron chi connectivity index (χ4n) is 0.752. The summed E-state index contributed by atoms with van der Waals surface area (Å²) in [6, 6.07) is 0. The normalized spacial score (nSPS) is 18.7. The van der Waals surface area contributed by atoms with Crippen LogP contribution < -0.4 is 0 Å². The van der Waals surface area contributed by atoms with E-state index in [-0.39, 0.29) is 5.41 Å². The Morgan fingerprint density at radius 1 is 1.50 bits per heavy atom. The molecule has 0 amide bonds. The van der Waals surface area contributed by atoms with Gasteiger partial charge < -0.3 is 4.74 Å². The average molecular weight is 139 g/mol. The van der Waals surface area contributed by atoms with Gasteiger partial charge in [-0.05, 0) is 0 Å².